The van der Waals surface area contributed by atoms with Crippen molar-refractivity contribution < 1.29 is 31.9 Å². The van der Waals surface area contributed by atoms with Crippen molar-refractivity contribution in [3.63, 3.8) is 0 Å². The summed E-state index contributed by atoms with van der Waals surface area (Å²) in [5.41, 5.74) is 4.44. The summed E-state index contributed by atoms with van der Waals surface area (Å²) in [6.07, 6.45) is 15.6. The van der Waals surface area contributed by atoms with Gasteiger partial charge in [-0.25, -0.2) is 4.98 Å². The molecule has 1 saturated carbocycles. The first kappa shape index (κ1) is 24.6. The Labute approximate surface area is 211 Å². The van der Waals surface area contributed by atoms with Crippen LogP contribution in [0.1, 0.15) is 0 Å². The molecule has 157 valence electrons. The first-order valence-electron chi connectivity index (χ1n) is 9.59. The number of nitrogens with zero attached hydrogens (tertiary/aromatic N) is 3. The van der Waals surface area contributed by atoms with Gasteiger partial charge in [0.2, 0.25) is 0 Å². The molecule has 0 unspecified atom stereocenters. The van der Waals surface area contributed by atoms with Gasteiger partial charge in [0.05, 0.1) is 27.1 Å². The maximum atomic E-state index is 6.34. The van der Waals surface area contributed by atoms with Crippen LogP contribution in [0.2, 0.25) is 5.02 Å². The molecule has 0 atom stereocenters. The predicted octanol–water partition coefficient (Wildman–Crippen LogP) is 3.21. The van der Waals surface area contributed by atoms with E-state index in [0.29, 0.717) is 5.02 Å². The number of rotatable bonds is 1. The molecular weight excluding hydrogens is 528 g/mol. The molecule has 7 radical (unpaired) electrons. The second-order valence-electron chi connectivity index (χ2n) is 6.74. The Balaban J connectivity index is 0.000000317. The van der Waals surface area contributed by atoms with Gasteiger partial charge in [-0.3, -0.25) is 9.97 Å². The molecule has 2 aromatic carbocycles. The molecular formula is C25H17Cl2N4Ru+2. The van der Waals surface area contributed by atoms with Crippen LogP contribution in [-0.2, 0) is 19.5 Å². The van der Waals surface area contributed by atoms with E-state index in [2.05, 4.69) is 15.0 Å². The standard InChI is InChI=1S/C19H11ClN4.C6H6.ClH.Ru/c20-14-8-2-1-5-11(14)19-23-17-12-6-3-9-21-15(12)16-13(18(17)24-19)7-4-10-22-16;1-2-4-6-5-3-1;;/h1-10H,(H,23,24);1-6H;1H;/q;;;+3/p-1. The molecule has 4 nitrogen and oxygen atoms in total. The summed E-state index contributed by atoms with van der Waals surface area (Å²) < 4.78 is 0. The summed E-state index contributed by atoms with van der Waals surface area (Å²) in [5.74, 6) is 0.747. The van der Waals surface area contributed by atoms with E-state index >= 15 is 0 Å². The summed E-state index contributed by atoms with van der Waals surface area (Å²) in [7, 11) is 0. The van der Waals surface area contributed by atoms with E-state index in [9.17, 15) is 0 Å². The third kappa shape index (κ3) is 4.81. The molecule has 1 fully saturated rings. The second kappa shape index (κ2) is 11.2. The SMILES string of the molecule is Clc1ccccc1-c1nc2c3cccnc3c3ncccc3c2[nH]1.[CH]1[CH][CH][CH][CH][CH]1.[Cl-].[Ru+3]. The van der Waals surface area contributed by atoms with Gasteiger partial charge < -0.3 is 17.4 Å². The molecule has 3 aromatic heterocycles. The van der Waals surface area contributed by atoms with Crippen LogP contribution in [0.5, 0.6) is 0 Å². The van der Waals surface area contributed by atoms with Crippen LogP contribution in [0.3, 0.4) is 0 Å². The Morgan fingerprint density at radius 3 is 1.84 bits per heavy atom. The summed E-state index contributed by atoms with van der Waals surface area (Å²) in [5, 5.41) is 2.65. The zero-order valence-electron chi connectivity index (χ0n) is 16.7. The van der Waals surface area contributed by atoms with Gasteiger partial charge >= 0.3 is 19.5 Å². The fourth-order valence-electron chi connectivity index (χ4n) is 3.51. The Bertz CT molecular complexity index is 1250. The number of hydrogen-bond donors (Lipinski definition) is 1. The van der Waals surface area contributed by atoms with Gasteiger partial charge in [0.25, 0.3) is 0 Å². The number of pyridine rings is 2. The van der Waals surface area contributed by atoms with Crippen LogP contribution >= 0.6 is 11.6 Å². The summed E-state index contributed by atoms with van der Waals surface area (Å²) in [6.45, 7) is 0. The Hall–Kier alpha value is -2.07. The zero-order valence-corrected chi connectivity index (χ0v) is 19.9. The predicted molar refractivity (Wildman–Crippen MR) is 123 cm³/mol. The van der Waals surface area contributed by atoms with Crippen molar-refractivity contribution >= 4 is 44.4 Å². The molecule has 0 spiro atoms. The first-order valence-corrected chi connectivity index (χ1v) is 9.97. The molecule has 1 aliphatic carbocycles. The third-order valence-corrected chi connectivity index (χ3v) is 5.19. The third-order valence-electron chi connectivity index (χ3n) is 4.86. The molecule has 1 N–H and O–H groups in total. The Kier molecular flexibility index (Phi) is 8.59. The smallest absolute Gasteiger partial charge is 1.00 e. The average Bonchev–Trinajstić information content (AvgIpc) is 3.27. The van der Waals surface area contributed by atoms with Gasteiger partial charge in [-0.05, 0) is 74.9 Å². The van der Waals surface area contributed by atoms with E-state index in [1.807, 2.05) is 87.1 Å². The van der Waals surface area contributed by atoms with E-state index in [-0.39, 0.29) is 31.9 Å². The van der Waals surface area contributed by atoms with Crippen molar-refractivity contribution in [1.82, 2.24) is 19.9 Å². The van der Waals surface area contributed by atoms with Crippen LogP contribution < -0.4 is 12.4 Å². The first-order chi connectivity index (χ1) is 14.8. The number of halogens is 2. The molecule has 0 bridgehead atoms. The molecule has 0 aliphatic heterocycles. The van der Waals surface area contributed by atoms with Crippen LogP contribution in [0.15, 0.2) is 60.9 Å². The Morgan fingerprint density at radius 2 is 1.22 bits per heavy atom. The van der Waals surface area contributed by atoms with Crippen molar-refractivity contribution in [3.8, 4) is 11.4 Å². The summed E-state index contributed by atoms with van der Waals surface area (Å²) in [6, 6.07) is 15.6. The van der Waals surface area contributed by atoms with Crippen molar-refractivity contribution in [1.29, 1.82) is 0 Å². The molecule has 32 heavy (non-hydrogen) atoms. The van der Waals surface area contributed by atoms with E-state index in [0.717, 1.165) is 44.2 Å². The number of benzene rings is 2. The van der Waals surface area contributed by atoms with Gasteiger partial charge in [-0.2, -0.15) is 0 Å². The van der Waals surface area contributed by atoms with Crippen LogP contribution in [0, 0.1) is 38.5 Å². The fourth-order valence-corrected chi connectivity index (χ4v) is 3.73. The summed E-state index contributed by atoms with van der Waals surface area (Å²) >= 11 is 6.34. The number of aromatic amines is 1. The van der Waals surface area contributed by atoms with Crippen LogP contribution in [0.25, 0.3) is 44.2 Å². The minimum absolute atomic E-state index is 0. The monoisotopic (exact) mass is 545 g/mol. The minimum Gasteiger partial charge on any atom is -1.00 e. The molecule has 5 aromatic rings. The quantitative estimate of drug-likeness (QED) is 0.260. The molecule has 6 rings (SSSR count). The Morgan fingerprint density at radius 1 is 0.656 bits per heavy atom. The maximum Gasteiger partial charge on any atom is 3.00 e. The second-order valence-corrected chi connectivity index (χ2v) is 7.15. The van der Waals surface area contributed by atoms with Crippen molar-refractivity contribution in [2.24, 2.45) is 0 Å². The average molecular weight is 545 g/mol. The number of H-pyrrole nitrogens is 1. The number of hydrogen-bond acceptors (Lipinski definition) is 3. The molecule has 1 aliphatic rings. The molecule has 0 saturated heterocycles. The van der Waals surface area contributed by atoms with Crippen LogP contribution in [-0.4, -0.2) is 19.9 Å². The summed E-state index contributed by atoms with van der Waals surface area (Å²) in [4.78, 5) is 17.3. The van der Waals surface area contributed by atoms with Gasteiger partial charge in [-0.15, -0.1) is 0 Å². The minimum atomic E-state index is 0. The van der Waals surface area contributed by atoms with Crippen LogP contribution in [0.4, 0.5) is 0 Å². The molecule has 3 heterocycles. The van der Waals surface area contributed by atoms with Crippen molar-refractivity contribution in [2.75, 3.05) is 0 Å². The maximum absolute atomic E-state index is 6.34. The largest absolute Gasteiger partial charge is 3.00 e. The van der Waals surface area contributed by atoms with Gasteiger partial charge in [-0.1, -0.05) is 23.7 Å². The van der Waals surface area contributed by atoms with E-state index in [4.69, 9.17) is 16.6 Å². The van der Waals surface area contributed by atoms with Gasteiger partial charge in [0, 0.05) is 28.7 Å². The number of fused-ring (bicyclic) bond motifs is 6. The molecule has 0 amide bonds. The normalized spacial score (nSPS) is 13.2. The van der Waals surface area contributed by atoms with E-state index in [1.54, 1.807) is 12.4 Å². The zero-order chi connectivity index (χ0) is 20.3. The number of imidazole rings is 1. The van der Waals surface area contributed by atoms with Gasteiger partial charge in [0.15, 0.2) is 0 Å². The van der Waals surface area contributed by atoms with Crippen molar-refractivity contribution in [2.45, 2.75) is 0 Å². The number of nitrogens with one attached hydrogen (secondary N) is 1. The topological polar surface area (TPSA) is 54.5 Å². The number of aromatic nitrogens is 4. The van der Waals surface area contributed by atoms with Gasteiger partial charge in [0.1, 0.15) is 5.82 Å². The van der Waals surface area contributed by atoms with E-state index in [1.165, 1.54) is 0 Å². The fraction of sp³-hybridized carbons (Fsp3) is 0. The van der Waals surface area contributed by atoms with Crippen molar-refractivity contribution in [3.05, 3.63) is 104 Å². The van der Waals surface area contributed by atoms with E-state index < -0.39 is 0 Å². The molecule has 7 heteroatoms.